The van der Waals surface area contributed by atoms with Crippen LogP contribution in [-0.4, -0.2) is 15.3 Å². The predicted molar refractivity (Wildman–Crippen MR) is 101 cm³/mol. The van der Waals surface area contributed by atoms with Gasteiger partial charge < -0.3 is 0 Å². The van der Waals surface area contributed by atoms with Gasteiger partial charge in [0, 0.05) is 21.7 Å². The van der Waals surface area contributed by atoms with Crippen LogP contribution in [0.5, 0.6) is 0 Å². The first kappa shape index (κ1) is 16.5. The molecule has 0 saturated heterocycles. The van der Waals surface area contributed by atoms with Crippen molar-refractivity contribution in [3.05, 3.63) is 51.3 Å². The number of halogens is 1. The quantitative estimate of drug-likeness (QED) is 0.660. The third kappa shape index (κ3) is 3.26. The molecule has 25 heavy (non-hydrogen) atoms. The van der Waals surface area contributed by atoms with Crippen molar-refractivity contribution in [2.24, 2.45) is 5.92 Å². The average Bonchev–Trinajstić information content (AvgIpc) is 2.99. The topological polar surface area (TPSA) is 52.0 Å². The number of fused-ring (bicyclic) bond motifs is 1. The molecule has 0 N–H and O–H groups in total. The number of carbonyl (C=O) groups is 1. The lowest BCUT2D eigenvalue weighted by atomic mass is 9.82. The first-order chi connectivity index (χ1) is 12.1. The van der Waals surface area contributed by atoms with Crippen LogP contribution in [0, 0.1) is 5.92 Å². The second-order valence-electron chi connectivity index (χ2n) is 6.55. The number of nitrogens with zero attached hydrogens (tertiary/aromatic N) is 2. The van der Waals surface area contributed by atoms with E-state index in [4.69, 9.17) is 11.6 Å². The molecule has 0 amide bonds. The Hall–Kier alpha value is -1.98. The number of benzene rings is 1. The van der Waals surface area contributed by atoms with Gasteiger partial charge in [-0.1, -0.05) is 43.0 Å². The molecule has 1 saturated carbocycles. The normalized spacial score (nSPS) is 14.6. The standard InChI is InChI=1S/C19H17ClN2O2S/c20-14-6-4-13(5-7-14)18-17-16(10-25-18)21-11-22(19(17)24)9-15(23)8-12-2-1-3-12/h4-7,10-12H,1-3,8-9H2. The fourth-order valence-corrected chi connectivity index (χ4v) is 4.29. The van der Waals surface area contributed by atoms with Gasteiger partial charge in [-0.15, -0.1) is 11.3 Å². The van der Waals surface area contributed by atoms with Crippen LogP contribution >= 0.6 is 22.9 Å². The first-order valence-electron chi connectivity index (χ1n) is 8.36. The maximum Gasteiger partial charge on any atom is 0.263 e. The zero-order valence-electron chi connectivity index (χ0n) is 13.6. The van der Waals surface area contributed by atoms with E-state index in [9.17, 15) is 9.59 Å². The Labute approximate surface area is 154 Å². The smallest absolute Gasteiger partial charge is 0.263 e. The molecule has 0 spiro atoms. The highest BCUT2D eigenvalue weighted by atomic mass is 35.5. The molecule has 3 aromatic rings. The molecule has 0 atom stereocenters. The van der Waals surface area contributed by atoms with E-state index in [-0.39, 0.29) is 17.9 Å². The Bertz CT molecular complexity index is 987. The molecular weight excluding hydrogens is 356 g/mol. The highest BCUT2D eigenvalue weighted by molar-refractivity contribution is 7.15. The first-order valence-corrected chi connectivity index (χ1v) is 9.62. The fourth-order valence-electron chi connectivity index (χ4n) is 3.18. The summed E-state index contributed by atoms with van der Waals surface area (Å²) in [7, 11) is 0. The van der Waals surface area contributed by atoms with Crippen molar-refractivity contribution < 1.29 is 4.79 Å². The van der Waals surface area contributed by atoms with E-state index in [1.54, 1.807) is 12.1 Å². The lowest BCUT2D eigenvalue weighted by molar-refractivity contribution is -0.121. The lowest BCUT2D eigenvalue weighted by Gasteiger charge is -2.24. The highest BCUT2D eigenvalue weighted by Gasteiger charge is 2.21. The Morgan fingerprint density at radius 1 is 1.28 bits per heavy atom. The third-order valence-electron chi connectivity index (χ3n) is 4.78. The van der Waals surface area contributed by atoms with Crippen molar-refractivity contribution in [3.63, 3.8) is 0 Å². The Morgan fingerprint density at radius 2 is 2.04 bits per heavy atom. The van der Waals surface area contributed by atoms with Crippen molar-refractivity contribution in [2.45, 2.75) is 32.2 Å². The Kier molecular flexibility index (Phi) is 4.44. The summed E-state index contributed by atoms with van der Waals surface area (Å²) < 4.78 is 1.44. The number of carbonyl (C=O) groups excluding carboxylic acids is 1. The van der Waals surface area contributed by atoms with Gasteiger partial charge in [0.05, 0.1) is 23.8 Å². The maximum atomic E-state index is 12.9. The second kappa shape index (κ2) is 6.73. The largest absolute Gasteiger partial charge is 0.298 e. The molecule has 4 nitrogen and oxygen atoms in total. The number of aromatic nitrogens is 2. The van der Waals surface area contributed by atoms with Gasteiger partial charge in [0.15, 0.2) is 5.78 Å². The predicted octanol–water partition coefficient (Wildman–Crippen LogP) is 4.54. The second-order valence-corrected chi connectivity index (χ2v) is 7.87. The zero-order valence-corrected chi connectivity index (χ0v) is 15.1. The van der Waals surface area contributed by atoms with E-state index in [1.807, 2.05) is 17.5 Å². The summed E-state index contributed by atoms with van der Waals surface area (Å²) in [5, 5.41) is 3.11. The Balaban J connectivity index is 1.69. The van der Waals surface area contributed by atoms with E-state index >= 15 is 0 Å². The summed E-state index contributed by atoms with van der Waals surface area (Å²) in [4.78, 5) is 30.4. The lowest BCUT2D eigenvalue weighted by Crippen LogP contribution is -2.26. The SMILES string of the molecule is O=C(CC1CCC1)Cn1cnc2csc(-c3ccc(Cl)cc3)c2c1=O. The number of rotatable bonds is 5. The van der Waals surface area contributed by atoms with Crippen molar-refractivity contribution >= 4 is 39.6 Å². The van der Waals surface area contributed by atoms with Gasteiger partial charge in [0.25, 0.3) is 5.56 Å². The molecule has 4 rings (SSSR count). The zero-order chi connectivity index (χ0) is 17.4. The molecule has 1 aliphatic rings. The summed E-state index contributed by atoms with van der Waals surface area (Å²) in [5.41, 5.74) is 1.45. The third-order valence-corrected chi connectivity index (χ3v) is 6.05. The monoisotopic (exact) mass is 372 g/mol. The van der Waals surface area contributed by atoms with Gasteiger partial charge in [-0.3, -0.25) is 14.2 Å². The van der Waals surface area contributed by atoms with Crippen LogP contribution in [0.4, 0.5) is 0 Å². The minimum absolute atomic E-state index is 0.105. The van der Waals surface area contributed by atoms with Crippen LogP contribution in [0.15, 0.2) is 40.8 Å². The van der Waals surface area contributed by atoms with Crippen LogP contribution in [0.3, 0.4) is 0 Å². The fraction of sp³-hybridized carbons (Fsp3) is 0.316. The molecule has 0 aliphatic heterocycles. The minimum Gasteiger partial charge on any atom is -0.298 e. The van der Waals surface area contributed by atoms with Crippen LogP contribution in [0.2, 0.25) is 5.02 Å². The molecule has 2 heterocycles. The van der Waals surface area contributed by atoms with Crippen LogP contribution in [0.25, 0.3) is 21.3 Å². The summed E-state index contributed by atoms with van der Waals surface area (Å²) in [6.45, 7) is 0.105. The van der Waals surface area contributed by atoms with E-state index in [2.05, 4.69) is 4.98 Å². The molecule has 1 aromatic carbocycles. The molecule has 0 radical (unpaired) electrons. The van der Waals surface area contributed by atoms with E-state index in [1.165, 1.54) is 28.7 Å². The number of thiophene rings is 1. The van der Waals surface area contributed by atoms with E-state index in [0.29, 0.717) is 28.3 Å². The average molecular weight is 373 g/mol. The summed E-state index contributed by atoms with van der Waals surface area (Å²) in [5.74, 6) is 0.613. The van der Waals surface area contributed by atoms with Crippen molar-refractivity contribution in [1.82, 2.24) is 9.55 Å². The van der Waals surface area contributed by atoms with E-state index in [0.717, 1.165) is 23.3 Å². The van der Waals surface area contributed by atoms with Crippen molar-refractivity contribution in [1.29, 1.82) is 0 Å². The molecule has 1 fully saturated rings. The molecule has 2 aromatic heterocycles. The summed E-state index contributed by atoms with van der Waals surface area (Å²) >= 11 is 7.43. The molecule has 0 bridgehead atoms. The number of hydrogen-bond donors (Lipinski definition) is 0. The molecule has 128 valence electrons. The van der Waals surface area contributed by atoms with Crippen LogP contribution < -0.4 is 5.56 Å². The molecule has 6 heteroatoms. The minimum atomic E-state index is -0.154. The maximum absolute atomic E-state index is 12.9. The molecule has 1 aliphatic carbocycles. The van der Waals surface area contributed by atoms with Gasteiger partial charge in [-0.05, 0) is 23.6 Å². The summed E-state index contributed by atoms with van der Waals surface area (Å²) in [6.07, 6.45) is 5.52. The number of hydrogen-bond acceptors (Lipinski definition) is 4. The molecular formula is C19H17ClN2O2S. The number of Topliss-reactive ketones (excluding diaryl/α,β-unsaturated/α-hetero) is 1. The molecule has 0 unspecified atom stereocenters. The van der Waals surface area contributed by atoms with Crippen LogP contribution in [0.1, 0.15) is 25.7 Å². The van der Waals surface area contributed by atoms with Gasteiger partial charge in [-0.25, -0.2) is 4.98 Å². The van der Waals surface area contributed by atoms with E-state index < -0.39 is 0 Å². The van der Waals surface area contributed by atoms with Crippen molar-refractivity contribution in [3.8, 4) is 10.4 Å². The number of ketones is 1. The van der Waals surface area contributed by atoms with Gasteiger partial charge >= 0.3 is 0 Å². The summed E-state index contributed by atoms with van der Waals surface area (Å²) in [6, 6.07) is 7.40. The van der Waals surface area contributed by atoms with Gasteiger partial charge in [-0.2, -0.15) is 0 Å². The van der Waals surface area contributed by atoms with Gasteiger partial charge in [0.2, 0.25) is 0 Å². The van der Waals surface area contributed by atoms with Crippen molar-refractivity contribution in [2.75, 3.05) is 0 Å². The highest BCUT2D eigenvalue weighted by Crippen LogP contribution is 2.33. The Morgan fingerprint density at radius 3 is 2.72 bits per heavy atom. The van der Waals surface area contributed by atoms with Crippen LogP contribution in [-0.2, 0) is 11.3 Å². The van der Waals surface area contributed by atoms with Gasteiger partial charge in [0.1, 0.15) is 0 Å².